The maximum atomic E-state index is 2.82. The van der Waals surface area contributed by atoms with Gasteiger partial charge in [-0.05, 0) is 27.8 Å². The Morgan fingerprint density at radius 3 is 1.71 bits per heavy atom. The molecule has 4 nitrogen and oxygen atoms in total. The lowest BCUT2D eigenvalue weighted by Gasteiger charge is -2.54. The second kappa shape index (κ2) is 8.31. The Morgan fingerprint density at radius 2 is 1.06 bits per heavy atom. The van der Waals surface area contributed by atoms with E-state index in [2.05, 4.69) is 93.6 Å². The summed E-state index contributed by atoms with van der Waals surface area (Å²) in [5.41, 5.74) is 6.64. The van der Waals surface area contributed by atoms with Gasteiger partial charge < -0.3 is 4.48 Å². The topological polar surface area (TPSA) is 9.72 Å². The predicted octanol–water partition coefficient (Wildman–Crippen LogP) is 3.99. The van der Waals surface area contributed by atoms with Crippen LogP contribution in [0.15, 0.2) is 78.9 Å². The molecule has 0 aliphatic carbocycles. The van der Waals surface area contributed by atoms with E-state index in [9.17, 15) is 0 Å². The van der Waals surface area contributed by atoms with Crippen LogP contribution < -0.4 is 0 Å². The zero-order valence-electron chi connectivity index (χ0n) is 20.0. The number of piperazine rings is 2. The summed E-state index contributed by atoms with van der Waals surface area (Å²) in [6.07, 6.45) is 2.56. The Labute approximate surface area is 203 Å². The Hall–Kier alpha value is -2.50. The third-order valence-electron chi connectivity index (χ3n) is 9.09. The molecule has 0 radical (unpaired) electrons. The summed E-state index contributed by atoms with van der Waals surface area (Å²) in [7, 11) is 0. The van der Waals surface area contributed by atoms with Gasteiger partial charge in [-0.25, -0.2) is 4.90 Å². The molecule has 4 fully saturated rings. The van der Waals surface area contributed by atoms with Crippen molar-refractivity contribution in [2.24, 2.45) is 0 Å². The molecule has 4 aliphatic heterocycles. The van der Waals surface area contributed by atoms with E-state index in [1.807, 2.05) is 0 Å². The van der Waals surface area contributed by atoms with Crippen LogP contribution in [0.5, 0.6) is 0 Å². The molecule has 0 aromatic heterocycles. The van der Waals surface area contributed by atoms with Gasteiger partial charge in [-0.15, -0.1) is 0 Å². The average Bonchev–Trinajstić information content (AvgIpc) is 3.49. The number of hydrogen-bond acceptors (Lipinski definition) is 3. The van der Waals surface area contributed by atoms with Gasteiger partial charge in [0.2, 0.25) is 0 Å². The molecule has 174 valence electrons. The normalized spacial score (nSPS) is 28.8. The lowest BCUT2D eigenvalue weighted by Crippen LogP contribution is -2.74. The molecule has 3 unspecified atom stereocenters. The third kappa shape index (κ3) is 3.44. The molecule has 0 amide bonds. The maximum absolute atomic E-state index is 2.82. The minimum Gasteiger partial charge on any atom is -0.304 e. The first kappa shape index (κ1) is 20.8. The van der Waals surface area contributed by atoms with Gasteiger partial charge in [0, 0.05) is 39.1 Å². The molecule has 3 atom stereocenters. The van der Waals surface area contributed by atoms with Crippen molar-refractivity contribution in [3.8, 4) is 22.3 Å². The maximum Gasteiger partial charge on any atom is 0.175 e. The van der Waals surface area contributed by atoms with E-state index >= 15 is 0 Å². The quantitative estimate of drug-likeness (QED) is 0.543. The molecular weight excluding hydrogens is 416 g/mol. The third-order valence-corrected chi connectivity index (χ3v) is 9.09. The lowest BCUT2D eigenvalue weighted by atomic mass is 9.99. The van der Waals surface area contributed by atoms with Gasteiger partial charge in [-0.3, -0.25) is 9.80 Å². The highest BCUT2D eigenvalue weighted by atomic mass is 15.6. The molecule has 4 saturated heterocycles. The zero-order chi connectivity index (χ0) is 22.5. The van der Waals surface area contributed by atoms with E-state index in [0.717, 1.165) is 0 Å². The van der Waals surface area contributed by atoms with E-state index in [1.54, 1.807) is 0 Å². The molecule has 3 aromatic carbocycles. The first-order valence-corrected chi connectivity index (χ1v) is 13.1. The van der Waals surface area contributed by atoms with Crippen LogP contribution in [-0.4, -0.2) is 90.4 Å². The highest BCUT2D eigenvalue weighted by Crippen LogP contribution is 2.39. The summed E-state index contributed by atoms with van der Waals surface area (Å²) in [5, 5.41) is 0. The highest BCUT2D eigenvalue weighted by Gasteiger charge is 2.59. The molecule has 0 N–H and O–H groups in total. The summed E-state index contributed by atoms with van der Waals surface area (Å²) >= 11 is 0. The van der Waals surface area contributed by atoms with Gasteiger partial charge in [0.1, 0.15) is 6.17 Å². The van der Waals surface area contributed by atoms with Crippen molar-refractivity contribution >= 4 is 0 Å². The fourth-order valence-corrected chi connectivity index (χ4v) is 7.16. The Kier molecular flexibility index (Phi) is 5.10. The number of hydrogen-bond donors (Lipinski definition) is 0. The van der Waals surface area contributed by atoms with Gasteiger partial charge in [-0.1, -0.05) is 78.9 Å². The molecule has 7 rings (SSSR count). The van der Waals surface area contributed by atoms with Crippen molar-refractivity contribution in [1.82, 2.24) is 14.7 Å². The van der Waals surface area contributed by atoms with Crippen molar-refractivity contribution in [2.45, 2.75) is 18.8 Å². The minimum absolute atomic E-state index is 0.672. The first-order valence-electron chi connectivity index (χ1n) is 13.1. The second-order valence-electron chi connectivity index (χ2n) is 10.7. The molecule has 4 heterocycles. The van der Waals surface area contributed by atoms with Crippen molar-refractivity contribution < 1.29 is 4.48 Å². The van der Waals surface area contributed by atoms with Crippen molar-refractivity contribution in [1.29, 1.82) is 0 Å². The van der Waals surface area contributed by atoms with Crippen molar-refractivity contribution in [3.63, 3.8) is 0 Å². The van der Waals surface area contributed by atoms with Gasteiger partial charge >= 0.3 is 0 Å². The van der Waals surface area contributed by atoms with E-state index in [0.29, 0.717) is 12.3 Å². The summed E-state index contributed by atoms with van der Waals surface area (Å²) in [5.74, 6) is 0. The number of nitrogens with zero attached hydrogens (tertiary/aromatic N) is 4. The SMILES string of the molecule is c1ccc(-c2ccc(-c3ccc(CC[N+]45CCN6CCN7CCN(CC4)C5C76)cc3)cc2)cc1. The first-order chi connectivity index (χ1) is 16.8. The highest BCUT2D eigenvalue weighted by molar-refractivity contribution is 5.70. The fraction of sp³-hybridized carbons (Fsp3) is 0.400. The van der Waals surface area contributed by atoms with Crippen LogP contribution in [0.1, 0.15) is 5.56 Å². The monoisotopic (exact) mass is 451 g/mol. The second-order valence-corrected chi connectivity index (χ2v) is 10.7. The number of rotatable bonds is 5. The smallest absolute Gasteiger partial charge is 0.175 e. The van der Waals surface area contributed by atoms with Crippen LogP contribution in [0.3, 0.4) is 0 Å². The summed E-state index contributed by atoms with van der Waals surface area (Å²) in [4.78, 5) is 8.37. The van der Waals surface area contributed by atoms with Gasteiger partial charge in [0.15, 0.2) is 6.17 Å². The molecule has 0 spiro atoms. The van der Waals surface area contributed by atoms with Gasteiger partial charge in [0.25, 0.3) is 0 Å². The Balaban J connectivity index is 1.05. The minimum atomic E-state index is 0.672. The van der Waals surface area contributed by atoms with Crippen LogP contribution in [-0.2, 0) is 6.42 Å². The van der Waals surface area contributed by atoms with Crippen LogP contribution in [0.4, 0.5) is 0 Å². The largest absolute Gasteiger partial charge is 0.304 e. The molecule has 0 saturated carbocycles. The molecular formula is C30H35N4+. The summed E-state index contributed by atoms with van der Waals surface area (Å²) in [6, 6.07) is 29.0. The number of benzene rings is 3. The lowest BCUT2D eigenvalue weighted by molar-refractivity contribution is -0.954. The van der Waals surface area contributed by atoms with Crippen LogP contribution in [0.25, 0.3) is 22.3 Å². The van der Waals surface area contributed by atoms with Gasteiger partial charge in [-0.2, -0.15) is 0 Å². The van der Waals surface area contributed by atoms with Gasteiger partial charge in [0.05, 0.1) is 26.2 Å². The average molecular weight is 452 g/mol. The summed E-state index contributed by atoms with van der Waals surface area (Å²) in [6.45, 7) is 11.6. The van der Waals surface area contributed by atoms with E-state index < -0.39 is 0 Å². The Bertz CT molecular complexity index is 1140. The summed E-state index contributed by atoms with van der Waals surface area (Å²) < 4.78 is 1.32. The standard InChI is InChI=1S/C30H35N4/c1-2-4-25(5-3-1)27-10-12-28(13-11-27)26-8-6-24(7-9-26)14-21-34-22-19-32-16-15-31-17-18-33(20-23-34)30(34)29(31)32/h1-13,29-30H,14-23H2/q+1. The van der Waals surface area contributed by atoms with E-state index in [4.69, 9.17) is 0 Å². The predicted molar refractivity (Wildman–Crippen MR) is 138 cm³/mol. The van der Waals surface area contributed by atoms with Crippen LogP contribution >= 0.6 is 0 Å². The van der Waals surface area contributed by atoms with Crippen LogP contribution in [0, 0.1) is 0 Å². The Morgan fingerprint density at radius 1 is 0.559 bits per heavy atom. The molecule has 3 aromatic rings. The fourth-order valence-electron chi connectivity index (χ4n) is 7.16. The molecule has 0 bridgehead atoms. The van der Waals surface area contributed by atoms with Crippen molar-refractivity contribution in [3.05, 3.63) is 84.4 Å². The van der Waals surface area contributed by atoms with Crippen LogP contribution in [0.2, 0.25) is 0 Å². The molecule has 4 heteroatoms. The van der Waals surface area contributed by atoms with E-state index in [1.165, 1.54) is 97.6 Å². The van der Waals surface area contributed by atoms with E-state index in [-0.39, 0.29) is 0 Å². The van der Waals surface area contributed by atoms with Crippen molar-refractivity contribution in [2.75, 3.05) is 58.9 Å². The number of quaternary nitrogens is 1. The zero-order valence-corrected chi connectivity index (χ0v) is 20.0. The molecule has 4 aliphatic rings. The molecule has 34 heavy (non-hydrogen) atoms.